The zero-order valence-electron chi connectivity index (χ0n) is 7.64. The first-order valence-corrected chi connectivity index (χ1v) is 5.10. The highest BCUT2D eigenvalue weighted by Gasteiger charge is 2.31. The monoisotopic (exact) mass is 259 g/mol. The highest BCUT2D eigenvalue weighted by molar-refractivity contribution is 9.09. The van der Waals surface area contributed by atoms with Gasteiger partial charge in [0.2, 0.25) is 11.9 Å². The zero-order valence-corrected chi connectivity index (χ0v) is 9.23. The third-order valence-electron chi connectivity index (χ3n) is 2.10. The maximum absolute atomic E-state index is 11.5. The van der Waals surface area contributed by atoms with Gasteiger partial charge in [-0.2, -0.15) is 4.98 Å². The van der Waals surface area contributed by atoms with Crippen LogP contribution in [0.15, 0.2) is 0 Å². The van der Waals surface area contributed by atoms with Crippen LogP contribution in [0.1, 0.15) is 6.42 Å². The molecule has 2 rings (SSSR count). The predicted octanol–water partition coefficient (Wildman–Crippen LogP) is -0.103. The Balaban J connectivity index is 2.27. The Morgan fingerprint density at radius 1 is 1.64 bits per heavy atom. The number of anilines is 2. The fourth-order valence-corrected chi connectivity index (χ4v) is 1.92. The number of nitrogen functional groups attached to an aromatic ring is 1. The summed E-state index contributed by atoms with van der Waals surface area (Å²) >= 11 is 3.39. The first-order chi connectivity index (χ1) is 6.58. The molecule has 0 spiro atoms. The highest BCUT2D eigenvalue weighted by atomic mass is 79.9. The summed E-state index contributed by atoms with van der Waals surface area (Å²) in [4.78, 5) is 17.2. The van der Waals surface area contributed by atoms with Crippen LogP contribution in [0.25, 0.3) is 0 Å². The first kappa shape index (κ1) is 9.45. The predicted molar refractivity (Wildman–Crippen MR) is 55.1 cm³/mol. The van der Waals surface area contributed by atoms with Crippen molar-refractivity contribution in [2.75, 3.05) is 17.2 Å². The molecule has 1 amide bonds. The van der Waals surface area contributed by atoms with E-state index in [9.17, 15) is 4.79 Å². The molecule has 7 heteroatoms. The molecule has 0 aliphatic carbocycles. The number of hydrogen-bond acceptors (Lipinski definition) is 4. The van der Waals surface area contributed by atoms with E-state index in [1.807, 2.05) is 0 Å². The molecule has 0 saturated carbocycles. The fourth-order valence-electron chi connectivity index (χ4n) is 1.35. The topological polar surface area (TPSA) is 77.0 Å². The standard InChI is InChI=1S/C7H10BrN5O/c1-12-6(9)10-7(11-12)13-3-4(8)2-5(13)14/h4H,2-3H2,1H3,(H2,9,10,11). The number of aromatic nitrogens is 3. The molecule has 1 aromatic heterocycles. The molecule has 14 heavy (non-hydrogen) atoms. The van der Waals surface area contributed by atoms with Gasteiger partial charge in [-0.05, 0) is 0 Å². The van der Waals surface area contributed by atoms with E-state index in [0.29, 0.717) is 24.9 Å². The van der Waals surface area contributed by atoms with E-state index in [4.69, 9.17) is 5.73 Å². The van der Waals surface area contributed by atoms with Crippen LogP contribution in [0.4, 0.5) is 11.9 Å². The van der Waals surface area contributed by atoms with Crippen molar-refractivity contribution in [1.82, 2.24) is 14.8 Å². The van der Waals surface area contributed by atoms with Crippen molar-refractivity contribution in [3.05, 3.63) is 0 Å². The smallest absolute Gasteiger partial charge is 0.253 e. The van der Waals surface area contributed by atoms with Gasteiger partial charge in [-0.1, -0.05) is 15.9 Å². The van der Waals surface area contributed by atoms with Gasteiger partial charge in [0.25, 0.3) is 5.95 Å². The molecule has 0 aromatic carbocycles. The number of alkyl halides is 1. The number of carbonyl (C=O) groups excluding carboxylic acids is 1. The summed E-state index contributed by atoms with van der Waals surface area (Å²) in [6.07, 6.45) is 0.484. The number of nitrogens with zero attached hydrogens (tertiary/aromatic N) is 4. The third-order valence-corrected chi connectivity index (χ3v) is 2.72. The molecule has 1 saturated heterocycles. The van der Waals surface area contributed by atoms with Crippen molar-refractivity contribution in [3.63, 3.8) is 0 Å². The molecule has 2 heterocycles. The number of nitrogens with two attached hydrogens (primary N) is 1. The second-order valence-electron chi connectivity index (χ2n) is 3.20. The Bertz CT molecular complexity index is 357. The highest BCUT2D eigenvalue weighted by Crippen LogP contribution is 2.22. The van der Waals surface area contributed by atoms with Crippen molar-refractivity contribution in [2.45, 2.75) is 11.2 Å². The number of aryl methyl sites for hydroxylation is 1. The summed E-state index contributed by atoms with van der Waals surface area (Å²) in [5.74, 6) is 0.722. The van der Waals surface area contributed by atoms with Crippen LogP contribution in [-0.4, -0.2) is 32.0 Å². The molecule has 6 nitrogen and oxygen atoms in total. The van der Waals surface area contributed by atoms with Gasteiger partial charge in [-0.3, -0.25) is 9.69 Å². The van der Waals surface area contributed by atoms with Crippen molar-refractivity contribution >= 4 is 33.7 Å². The maximum atomic E-state index is 11.5. The first-order valence-electron chi connectivity index (χ1n) is 4.19. The lowest BCUT2D eigenvalue weighted by atomic mass is 10.4. The molecule has 1 unspecified atom stereocenters. The second kappa shape index (κ2) is 3.23. The van der Waals surface area contributed by atoms with Crippen molar-refractivity contribution in [2.24, 2.45) is 7.05 Å². The molecular formula is C7H10BrN5O. The van der Waals surface area contributed by atoms with Crippen molar-refractivity contribution in [3.8, 4) is 0 Å². The minimum atomic E-state index is 0.0254. The molecule has 0 radical (unpaired) electrons. The Kier molecular flexibility index (Phi) is 2.18. The normalized spacial score (nSPS) is 22.0. The number of hydrogen-bond donors (Lipinski definition) is 1. The van der Waals surface area contributed by atoms with E-state index < -0.39 is 0 Å². The second-order valence-corrected chi connectivity index (χ2v) is 4.49. The van der Waals surface area contributed by atoms with E-state index in [1.54, 1.807) is 7.05 Å². The summed E-state index contributed by atoms with van der Waals surface area (Å²) < 4.78 is 1.45. The lowest BCUT2D eigenvalue weighted by molar-refractivity contribution is -0.117. The molecule has 1 aromatic rings. The van der Waals surface area contributed by atoms with Crippen LogP contribution < -0.4 is 10.6 Å². The molecule has 1 atom stereocenters. The van der Waals surface area contributed by atoms with Gasteiger partial charge in [0.1, 0.15) is 0 Å². The lowest BCUT2D eigenvalue weighted by Crippen LogP contribution is -2.25. The molecule has 0 bridgehead atoms. The average Bonchev–Trinajstić information content (AvgIpc) is 2.57. The quantitative estimate of drug-likeness (QED) is 0.715. The number of amides is 1. The number of rotatable bonds is 1. The molecule has 1 fully saturated rings. The third kappa shape index (κ3) is 1.47. The number of carbonyl (C=O) groups is 1. The van der Waals surface area contributed by atoms with E-state index in [1.165, 1.54) is 9.58 Å². The van der Waals surface area contributed by atoms with Gasteiger partial charge in [0, 0.05) is 24.8 Å². The Hall–Kier alpha value is -1.11. The van der Waals surface area contributed by atoms with Crippen molar-refractivity contribution < 1.29 is 4.79 Å². The lowest BCUT2D eigenvalue weighted by Gasteiger charge is -2.09. The summed E-state index contributed by atoms with van der Waals surface area (Å²) in [5, 5.41) is 4.04. The number of halogens is 1. The van der Waals surface area contributed by atoms with E-state index in [-0.39, 0.29) is 10.7 Å². The largest absolute Gasteiger partial charge is 0.368 e. The van der Waals surface area contributed by atoms with Crippen LogP contribution in [0, 0.1) is 0 Å². The van der Waals surface area contributed by atoms with Gasteiger partial charge in [-0.15, -0.1) is 5.10 Å². The fraction of sp³-hybridized carbons (Fsp3) is 0.571. The van der Waals surface area contributed by atoms with E-state index in [2.05, 4.69) is 26.0 Å². The van der Waals surface area contributed by atoms with Crippen LogP contribution in [-0.2, 0) is 11.8 Å². The van der Waals surface area contributed by atoms with Gasteiger partial charge >= 0.3 is 0 Å². The average molecular weight is 260 g/mol. The summed E-state index contributed by atoms with van der Waals surface area (Å²) in [5.41, 5.74) is 5.53. The SMILES string of the molecule is Cn1nc(N2CC(Br)CC2=O)nc1N. The summed E-state index contributed by atoms with van der Waals surface area (Å²) in [6.45, 7) is 0.599. The Morgan fingerprint density at radius 3 is 2.79 bits per heavy atom. The van der Waals surface area contributed by atoms with Crippen LogP contribution in [0.5, 0.6) is 0 Å². The van der Waals surface area contributed by atoms with Gasteiger partial charge in [0.05, 0.1) is 0 Å². The van der Waals surface area contributed by atoms with E-state index >= 15 is 0 Å². The maximum Gasteiger partial charge on any atom is 0.253 e. The Labute approximate surface area is 89.2 Å². The van der Waals surface area contributed by atoms with Gasteiger partial charge < -0.3 is 5.73 Å². The molecular weight excluding hydrogens is 250 g/mol. The molecule has 1 aliphatic rings. The van der Waals surface area contributed by atoms with Crippen LogP contribution >= 0.6 is 15.9 Å². The minimum absolute atomic E-state index is 0.0254. The molecule has 2 N–H and O–H groups in total. The Morgan fingerprint density at radius 2 is 2.36 bits per heavy atom. The van der Waals surface area contributed by atoms with Crippen molar-refractivity contribution in [1.29, 1.82) is 0 Å². The zero-order chi connectivity index (χ0) is 10.3. The molecule has 76 valence electrons. The van der Waals surface area contributed by atoms with Crippen LogP contribution in [0.3, 0.4) is 0 Å². The van der Waals surface area contributed by atoms with Crippen LogP contribution in [0.2, 0.25) is 0 Å². The van der Waals surface area contributed by atoms with Gasteiger partial charge in [-0.25, -0.2) is 4.68 Å². The summed E-state index contributed by atoms with van der Waals surface area (Å²) in [7, 11) is 1.69. The van der Waals surface area contributed by atoms with Gasteiger partial charge in [0.15, 0.2) is 0 Å². The van der Waals surface area contributed by atoms with E-state index in [0.717, 1.165) is 0 Å². The summed E-state index contributed by atoms with van der Waals surface area (Å²) in [6, 6.07) is 0. The minimum Gasteiger partial charge on any atom is -0.368 e. The molecule has 1 aliphatic heterocycles.